The van der Waals surface area contributed by atoms with E-state index < -0.39 is 44.9 Å². The number of ether oxygens (including phenoxy) is 1. The van der Waals surface area contributed by atoms with E-state index in [0.717, 1.165) is 12.1 Å². The van der Waals surface area contributed by atoms with Crippen LogP contribution in [0.25, 0.3) is 27.9 Å². The molecular weight excluding hydrogens is 717 g/mol. The molecule has 1 aliphatic heterocycles. The Labute approximate surface area is 312 Å². The highest BCUT2D eigenvalue weighted by Gasteiger charge is 2.30. The smallest absolute Gasteiger partial charge is 0.410 e. The van der Waals surface area contributed by atoms with Gasteiger partial charge in [0.25, 0.3) is 5.91 Å². The lowest BCUT2D eigenvalue weighted by Crippen LogP contribution is -2.39. The number of carbonyl (C=O) groups is 2. The molecule has 0 saturated carbocycles. The predicted molar refractivity (Wildman–Crippen MR) is 202 cm³/mol. The number of amides is 2. The second-order valence-corrected chi connectivity index (χ2v) is 16.6. The fourth-order valence-electron chi connectivity index (χ4n) is 6.28. The van der Waals surface area contributed by atoms with E-state index in [1.807, 2.05) is 0 Å². The molecule has 2 N–H and O–H groups in total. The molecule has 54 heavy (non-hydrogen) atoms. The number of halogens is 2. The highest BCUT2D eigenvalue weighted by atomic mass is 32.2. The lowest BCUT2D eigenvalue weighted by molar-refractivity contribution is 0.0270. The maximum atomic E-state index is 15.4. The first kappa shape index (κ1) is 38.3. The van der Waals surface area contributed by atoms with Gasteiger partial charge in [-0.2, -0.15) is 0 Å². The molecule has 14 heteroatoms. The Morgan fingerprint density at radius 3 is 2.33 bits per heavy atom. The van der Waals surface area contributed by atoms with E-state index in [2.05, 4.69) is 15.3 Å². The first-order valence-electron chi connectivity index (χ1n) is 17.3. The summed E-state index contributed by atoms with van der Waals surface area (Å²) in [6.45, 7) is 10.4. The van der Waals surface area contributed by atoms with E-state index in [1.165, 1.54) is 47.2 Å². The van der Waals surface area contributed by atoms with E-state index in [1.54, 1.807) is 70.2 Å². The van der Waals surface area contributed by atoms with E-state index in [0.29, 0.717) is 34.2 Å². The fourth-order valence-corrected chi connectivity index (χ4v) is 7.90. The van der Waals surface area contributed by atoms with Crippen molar-refractivity contribution in [2.45, 2.75) is 64.9 Å². The van der Waals surface area contributed by atoms with Crippen molar-refractivity contribution in [1.29, 1.82) is 0 Å². The van der Waals surface area contributed by atoms with Crippen molar-refractivity contribution in [2.75, 3.05) is 18.4 Å². The van der Waals surface area contributed by atoms with Crippen LogP contribution >= 0.6 is 0 Å². The van der Waals surface area contributed by atoms with E-state index in [-0.39, 0.29) is 52.6 Å². The third-order valence-electron chi connectivity index (χ3n) is 9.01. The molecule has 0 aliphatic carbocycles. The highest BCUT2D eigenvalue weighted by molar-refractivity contribution is 7.89. The quantitative estimate of drug-likeness (QED) is 0.165. The van der Waals surface area contributed by atoms with E-state index in [4.69, 9.17) is 4.74 Å². The topological polar surface area (TPSA) is 144 Å². The molecular formula is C40H41F2N5O6S. The van der Waals surface area contributed by atoms with Crippen molar-refractivity contribution in [1.82, 2.24) is 18.8 Å². The van der Waals surface area contributed by atoms with Gasteiger partial charge in [-0.3, -0.25) is 4.79 Å². The van der Waals surface area contributed by atoms with Crippen molar-refractivity contribution in [3.05, 3.63) is 119 Å². The van der Waals surface area contributed by atoms with Crippen LogP contribution in [0.15, 0.2) is 79.1 Å². The molecule has 2 amide bonds. The molecule has 0 atom stereocenters. The number of benzene rings is 3. The molecule has 0 radical (unpaired) electrons. The molecule has 11 nitrogen and oxygen atoms in total. The number of hydrogen-bond donors (Lipinski definition) is 2. The van der Waals surface area contributed by atoms with E-state index >= 15 is 8.78 Å². The molecule has 0 bridgehead atoms. The summed E-state index contributed by atoms with van der Waals surface area (Å²) in [6, 6.07) is 16.4. The lowest BCUT2D eigenvalue weighted by Gasteiger charge is -2.29. The molecule has 1 aliphatic rings. The number of nitrogens with one attached hydrogen (secondary N) is 1. The van der Waals surface area contributed by atoms with Crippen LogP contribution in [-0.2, 0) is 26.1 Å². The zero-order valence-corrected chi connectivity index (χ0v) is 31.6. The van der Waals surface area contributed by atoms with Crippen LogP contribution in [0, 0.1) is 18.6 Å². The monoisotopic (exact) mass is 757 g/mol. The molecule has 282 valence electrons. The summed E-state index contributed by atoms with van der Waals surface area (Å²) in [5.74, 6) is -2.78. The Morgan fingerprint density at radius 1 is 0.981 bits per heavy atom. The molecule has 3 heterocycles. The Balaban J connectivity index is 1.44. The number of carbonyl (C=O) groups excluding carboxylic acids is 2. The van der Waals surface area contributed by atoms with Gasteiger partial charge < -0.3 is 20.1 Å². The Hall–Kier alpha value is -5.47. The number of aromatic nitrogens is 3. The number of rotatable bonds is 8. The van der Waals surface area contributed by atoms with Gasteiger partial charge in [-0.25, -0.2) is 35.9 Å². The summed E-state index contributed by atoms with van der Waals surface area (Å²) in [7, 11) is -4.12. The average Bonchev–Trinajstić information content (AvgIpc) is 3.50. The summed E-state index contributed by atoms with van der Waals surface area (Å²) in [5, 5.41) is 13.1. The van der Waals surface area contributed by atoms with Gasteiger partial charge in [0.2, 0.25) is 10.0 Å². The Kier molecular flexibility index (Phi) is 10.2. The zero-order chi connectivity index (χ0) is 39.2. The molecule has 0 spiro atoms. The predicted octanol–water partition coefficient (Wildman–Crippen LogP) is 7.57. The molecule has 2 aromatic heterocycles. The number of aliphatic hydroxyl groups is 1. The number of anilines is 1. The largest absolute Gasteiger partial charge is 0.444 e. The minimum Gasteiger partial charge on any atom is -0.444 e. The average molecular weight is 758 g/mol. The van der Waals surface area contributed by atoms with Crippen molar-refractivity contribution in [3.8, 4) is 11.3 Å². The second kappa shape index (κ2) is 14.4. The first-order chi connectivity index (χ1) is 25.3. The van der Waals surface area contributed by atoms with Crippen LogP contribution in [0.5, 0.6) is 0 Å². The van der Waals surface area contributed by atoms with Gasteiger partial charge in [-0.15, -0.1) is 0 Å². The first-order valence-corrected chi connectivity index (χ1v) is 18.9. The van der Waals surface area contributed by atoms with Crippen LogP contribution in [0.2, 0.25) is 0 Å². The summed E-state index contributed by atoms with van der Waals surface area (Å²) in [5.41, 5.74) is 0.394. The molecule has 6 rings (SSSR count). The fraction of sp³-hybridized carbons (Fsp3) is 0.300. The van der Waals surface area contributed by atoms with Crippen LogP contribution in [-0.4, -0.2) is 63.1 Å². The molecule has 3 aromatic carbocycles. The summed E-state index contributed by atoms with van der Waals surface area (Å²) in [4.78, 5) is 36.5. The normalized spacial score (nSPS) is 13.9. The van der Waals surface area contributed by atoms with Gasteiger partial charge in [0.15, 0.2) is 5.65 Å². The van der Waals surface area contributed by atoms with Crippen molar-refractivity contribution in [3.63, 3.8) is 0 Å². The van der Waals surface area contributed by atoms with Crippen molar-refractivity contribution >= 4 is 44.3 Å². The lowest BCUT2D eigenvalue weighted by atomic mass is 9.96. The summed E-state index contributed by atoms with van der Waals surface area (Å²) < 4.78 is 65.7. The van der Waals surface area contributed by atoms with Crippen molar-refractivity contribution < 1.29 is 36.6 Å². The molecule has 0 saturated heterocycles. The minimum atomic E-state index is -4.12. The maximum Gasteiger partial charge on any atom is 0.410 e. The standard InChI is InChI=1S/C40H41F2N5O6S/c1-24-30(19-28(41)20-33(24)45-37(48)29-13-12-27(18-32(29)42)40(5,6)50)35-31-21-34(26-14-16-46(17-15-26)38(49)53-39(2,3)4)47(36(31)44-23-43-35)54(51,52)22-25-10-8-7-9-11-25/h7-14,18-21,23,50H,15-17,22H2,1-6H3,(H,45,48). The minimum absolute atomic E-state index is 0.0429. The van der Waals surface area contributed by atoms with Crippen LogP contribution < -0.4 is 5.32 Å². The zero-order valence-electron chi connectivity index (χ0n) is 30.8. The highest BCUT2D eigenvalue weighted by Crippen LogP contribution is 2.38. The second-order valence-electron chi connectivity index (χ2n) is 14.7. The van der Waals surface area contributed by atoms with Crippen molar-refractivity contribution in [2.24, 2.45) is 0 Å². The van der Waals surface area contributed by atoms with Crippen LogP contribution in [0.3, 0.4) is 0 Å². The summed E-state index contributed by atoms with van der Waals surface area (Å²) in [6.07, 6.45) is 2.79. The van der Waals surface area contributed by atoms with Gasteiger partial charge in [0.1, 0.15) is 23.6 Å². The van der Waals surface area contributed by atoms with Gasteiger partial charge in [-0.1, -0.05) is 42.5 Å². The third-order valence-corrected chi connectivity index (χ3v) is 10.6. The molecule has 0 unspecified atom stereocenters. The van der Waals surface area contributed by atoms with Gasteiger partial charge in [0.05, 0.1) is 28.3 Å². The number of nitrogens with zero attached hydrogens (tertiary/aromatic N) is 4. The van der Waals surface area contributed by atoms with Gasteiger partial charge >= 0.3 is 6.09 Å². The van der Waals surface area contributed by atoms with Gasteiger partial charge in [-0.05, 0) is 101 Å². The van der Waals surface area contributed by atoms with Crippen LogP contribution in [0.4, 0.5) is 19.3 Å². The number of fused-ring (bicyclic) bond motifs is 1. The van der Waals surface area contributed by atoms with Crippen LogP contribution in [0.1, 0.15) is 73.8 Å². The molecule has 0 fully saturated rings. The SMILES string of the molecule is Cc1c(NC(=O)c2ccc(C(C)(C)O)cc2F)cc(F)cc1-c1ncnc2c1cc(C1=CCN(C(=O)OC(C)(C)C)CC1)n2S(=O)(=O)Cc1ccccc1. The molecule has 5 aromatic rings. The Bertz CT molecular complexity index is 2420. The maximum absolute atomic E-state index is 15.4. The summed E-state index contributed by atoms with van der Waals surface area (Å²) >= 11 is 0. The van der Waals surface area contributed by atoms with Gasteiger partial charge in [0, 0.05) is 29.7 Å². The third kappa shape index (κ3) is 8.04. The van der Waals surface area contributed by atoms with E-state index in [9.17, 15) is 23.1 Å². The number of hydrogen-bond acceptors (Lipinski definition) is 8. The Morgan fingerprint density at radius 2 is 1.70 bits per heavy atom.